The van der Waals surface area contributed by atoms with Gasteiger partial charge in [0, 0.05) is 44.5 Å². The fraction of sp³-hybridized carbons (Fsp3) is 0.852. The molecule has 67 heavy (non-hydrogen) atoms. The van der Waals surface area contributed by atoms with E-state index in [0.29, 0.717) is 18.9 Å². The second-order valence-electron chi connectivity index (χ2n) is 21.2. The second-order valence-corrected chi connectivity index (χ2v) is 35.3. The van der Waals surface area contributed by atoms with Gasteiger partial charge in [-0.2, -0.15) is 0 Å². The van der Waals surface area contributed by atoms with Gasteiger partial charge in [0.25, 0.3) is 0 Å². The molecule has 13 heteroatoms. The Labute approximate surface area is 414 Å². The highest BCUT2D eigenvalue weighted by molar-refractivity contribution is 6.74. The number of cyclic esters (lactones) is 1. The number of hydrogen-bond donors (Lipinski definition) is 0. The van der Waals surface area contributed by atoms with Crippen LogP contribution in [0.25, 0.3) is 0 Å². The van der Waals surface area contributed by atoms with Gasteiger partial charge in [-0.05, 0) is 131 Å². The minimum Gasteiger partial charge on any atom is -0.457 e. The van der Waals surface area contributed by atoms with Crippen molar-refractivity contribution in [3.05, 3.63) is 36.0 Å². The van der Waals surface area contributed by atoms with E-state index in [4.69, 9.17) is 27.5 Å². The smallest absolute Gasteiger partial charge is 0.410 e. The summed E-state index contributed by atoms with van der Waals surface area (Å²) in [6.07, 6.45) is 15.4. The van der Waals surface area contributed by atoms with Gasteiger partial charge >= 0.3 is 12.1 Å². The van der Waals surface area contributed by atoms with Crippen molar-refractivity contribution in [3.63, 3.8) is 0 Å². The number of amides is 1. The van der Waals surface area contributed by atoms with Gasteiger partial charge in [0.2, 0.25) is 0 Å². The lowest BCUT2D eigenvalue weighted by atomic mass is 9.91. The molecule has 2 saturated heterocycles. The highest BCUT2D eigenvalue weighted by Gasteiger charge is 2.51. The van der Waals surface area contributed by atoms with Crippen LogP contribution in [0.15, 0.2) is 36.0 Å². The first-order chi connectivity index (χ1) is 31.8. The maximum atomic E-state index is 14.1. The summed E-state index contributed by atoms with van der Waals surface area (Å²) in [5, 5.41) is 0. The highest BCUT2D eigenvalue weighted by Crippen LogP contribution is 2.43. The molecule has 0 N–H and O–H groups in total. The summed E-state index contributed by atoms with van der Waals surface area (Å²) in [7, 11) is -3.99. The van der Waals surface area contributed by atoms with E-state index in [-0.39, 0.29) is 54.7 Å². The molecular formula is C54H102N2O8Si3. The van der Waals surface area contributed by atoms with Crippen molar-refractivity contribution < 1.29 is 37.1 Å². The van der Waals surface area contributed by atoms with Gasteiger partial charge in [0.05, 0.1) is 30.3 Å². The molecule has 10 unspecified atom stereocenters. The first-order valence-electron chi connectivity index (χ1n) is 27.4. The quantitative estimate of drug-likeness (QED) is 0.0262. The third-order valence-electron chi connectivity index (χ3n) is 16.8. The largest absolute Gasteiger partial charge is 0.457 e. The summed E-state index contributed by atoms with van der Waals surface area (Å²) < 4.78 is 40.9. The number of nitrogens with zero attached hydrogens (tertiary/aromatic N) is 2. The Bertz CT molecular complexity index is 1540. The lowest BCUT2D eigenvalue weighted by Crippen LogP contribution is -2.46. The summed E-state index contributed by atoms with van der Waals surface area (Å²) in [5.74, 6) is -0.0820. The van der Waals surface area contributed by atoms with Gasteiger partial charge in [0.15, 0.2) is 25.0 Å². The summed E-state index contributed by atoms with van der Waals surface area (Å²) >= 11 is 0. The maximum absolute atomic E-state index is 14.1. The first kappa shape index (κ1) is 59.7. The number of likely N-dealkylation sites (tertiary alicyclic amines) is 1. The van der Waals surface area contributed by atoms with Crippen LogP contribution >= 0.6 is 0 Å². The van der Waals surface area contributed by atoms with Gasteiger partial charge < -0.3 is 37.3 Å². The molecule has 0 aliphatic carbocycles. The van der Waals surface area contributed by atoms with E-state index < -0.39 is 42.8 Å². The average molecular weight is 992 g/mol. The number of esters is 1. The predicted molar refractivity (Wildman–Crippen MR) is 286 cm³/mol. The number of allylic oxidation sites excluding steroid dienone is 2. The van der Waals surface area contributed by atoms with E-state index in [1.807, 2.05) is 13.1 Å². The van der Waals surface area contributed by atoms with E-state index in [1.165, 1.54) is 12.8 Å². The molecule has 10 nitrogen and oxygen atoms in total. The zero-order chi connectivity index (χ0) is 50.0. The van der Waals surface area contributed by atoms with Crippen molar-refractivity contribution in [2.75, 3.05) is 33.2 Å². The Morgan fingerprint density at radius 1 is 0.881 bits per heavy atom. The maximum Gasteiger partial charge on any atom is 0.410 e. The number of carbonyl (C=O) groups is 2. The Morgan fingerprint density at radius 2 is 1.46 bits per heavy atom. The van der Waals surface area contributed by atoms with Crippen molar-refractivity contribution in [2.24, 2.45) is 17.8 Å². The zero-order valence-electron chi connectivity index (χ0n) is 45.9. The van der Waals surface area contributed by atoms with E-state index in [2.05, 4.69) is 133 Å². The fourth-order valence-corrected chi connectivity index (χ4v) is 19.9. The normalized spacial score (nSPS) is 27.4. The van der Waals surface area contributed by atoms with Crippen molar-refractivity contribution >= 4 is 37.0 Å². The van der Waals surface area contributed by atoms with Crippen LogP contribution in [0.2, 0.25) is 54.4 Å². The predicted octanol–water partition coefficient (Wildman–Crippen LogP) is 13.7. The molecule has 10 atom stereocenters. The molecule has 3 heterocycles. The minimum absolute atomic E-state index is 0.0282. The Hall–Kier alpha value is -1.59. The third kappa shape index (κ3) is 17.6. The molecule has 1 amide bonds. The fourth-order valence-electron chi connectivity index (χ4n) is 10.9. The van der Waals surface area contributed by atoms with Gasteiger partial charge in [0.1, 0.15) is 12.2 Å². The lowest BCUT2D eigenvalue weighted by Gasteiger charge is -2.39. The minimum atomic E-state index is -2.04. The van der Waals surface area contributed by atoms with Gasteiger partial charge in [-0.3, -0.25) is 4.79 Å². The van der Waals surface area contributed by atoms with Crippen LogP contribution in [0, 0.1) is 17.8 Å². The monoisotopic (exact) mass is 991 g/mol. The first-order valence-corrected chi connectivity index (χ1v) is 35.0. The van der Waals surface area contributed by atoms with Crippen LogP contribution < -0.4 is 0 Å². The van der Waals surface area contributed by atoms with Crippen LogP contribution in [-0.2, 0) is 32.3 Å². The topological polar surface area (TPSA) is 99.3 Å². The summed E-state index contributed by atoms with van der Waals surface area (Å²) in [6.45, 7) is 37.3. The number of ether oxygens (including phenoxy) is 3. The van der Waals surface area contributed by atoms with E-state index in [9.17, 15) is 9.59 Å². The lowest BCUT2D eigenvalue weighted by molar-refractivity contribution is -0.150. The summed E-state index contributed by atoms with van der Waals surface area (Å²) in [5.41, 5.74) is 0.405. The van der Waals surface area contributed by atoms with Crippen LogP contribution in [0.3, 0.4) is 0 Å². The van der Waals surface area contributed by atoms with Crippen molar-refractivity contribution in [1.82, 2.24) is 9.80 Å². The van der Waals surface area contributed by atoms with Crippen LogP contribution in [0.1, 0.15) is 149 Å². The molecular weight excluding hydrogens is 889 g/mol. The Kier molecular flexibility index (Phi) is 25.4. The van der Waals surface area contributed by atoms with Crippen LogP contribution in [-0.4, -0.2) is 122 Å². The standard InChI is InChI=1S/C54H102N2O8Si3/c1-17-47(63-66(21-5,22-6)23-7)45(14)52-49(59-52)41-54(15,64-67(24-8,25-9)26-10)35-29-30-43(12)51-44(13)32-34-48(60-53(58)55(16)38-39-56-36-27-28-37-56)42(11)31-33-46(40-50(57)61-51)62-65(18-2,19-3)20-4/h29-30,32,34-35,42,44-49,51-52H,17-28,31,33,36-41H2,1-16H3/b34-32+,35-29+,43-30+. The number of rotatable bonds is 27. The molecule has 0 spiro atoms. The SMILES string of the molecule is CCC(O[Si](CC)(CC)CC)C(C)C1OC1CC(C)(/C=C/C=C(\C)C1OC(=O)CC(O[Si](CC)(CC)CC)CCC(C)C(OC(=O)N(C)CCN2CCCC2)/C=C/C1C)O[Si](CC)(CC)CC. The molecule has 2 fully saturated rings. The molecule has 0 saturated carbocycles. The number of likely N-dealkylation sites (N-methyl/N-ethyl adjacent to an activating group) is 1. The van der Waals surface area contributed by atoms with Crippen LogP contribution in [0.5, 0.6) is 0 Å². The number of hydrogen-bond acceptors (Lipinski definition) is 9. The molecule has 0 radical (unpaired) electrons. The Balaban J connectivity index is 1.96. The molecule has 3 aliphatic rings. The third-order valence-corrected chi connectivity index (χ3v) is 30.9. The van der Waals surface area contributed by atoms with Crippen LogP contribution in [0.4, 0.5) is 4.79 Å². The summed E-state index contributed by atoms with van der Waals surface area (Å²) in [4.78, 5) is 31.8. The van der Waals surface area contributed by atoms with Gasteiger partial charge in [-0.15, -0.1) is 0 Å². The van der Waals surface area contributed by atoms with Crippen molar-refractivity contribution in [2.45, 2.75) is 245 Å². The molecule has 0 aromatic rings. The second kappa shape index (κ2) is 28.5. The molecule has 388 valence electrons. The van der Waals surface area contributed by atoms with Gasteiger partial charge in [-0.25, -0.2) is 4.79 Å². The van der Waals surface area contributed by atoms with E-state index >= 15 is 0 Å². The molecule has 0 bridgehead atoms. The Morgan fingerprint density at radius 3 is 2.01 bits per heavy atom. The summed E-state index contributed by atoms with van der Waals surface area (Å²) in [6, 6.07) is 9.62. The van der Waals surface area contributed by atoms with Gasteiger partial charge in [-0.1, -0.05) is 114 Å². The van der Waals surface area contributed by atoms with E-state index in [1.54, 1.807) is 4.90 Å². The van der Waals surface area contributed by atoms with Crippen molar-refractivity contribution in [3.8, 4) is 0 Å². The van der Waals surface area contributed by atoms with E-state index in [0.717, 1.165) is 98.9 Å². The average Bonchev–Trinajstić information content (AvgIpc) is 3.88. The zero-order valence-corrected chi connectivity index (χ0v) is 48.9. The number of carbonyl (C=O) groups excluding carboxylic acids is 2. The van der Waals surface area contributed by atoms with Crippen molar-refractivity contribution in [1.29, 1.82) is 0 Å². The molecule has 3 rings (SSSR count). The highest BCUT2D eigenvalue weighted by atomic mass is 28.4. The molecule has 0 aromatic carbocycles. The number of epoxide rings is 1. The molecule has 0 aromatic heterocycles. The molecule has 3 aliphatic heterocycles.